The molecular weight excluding hydrogens is 441 g/mol. The van der Waals surface area contributed by atoms with Crippen molar-refractivity contribution < 1.29 is 0 Å². The Hall–Kier alpha value is -3.13. The van der Waals surface area contributed by atoms with Gasteiger partial charge < -0.3 is 0 Å². The molecule has 0 nitrogen and oxygen atoms in total. The molecule has 170 valence electrons. The van der Waals surface area contributed by atoms with E-state index in [-0.39, 0.29) is 0 Å². The number of hydrogen-bond acceptors (Lipinski definition) is 0. The Balaban J connectivity index is 1.84. The highest BCUT2D eigenvalue weighted by atomic mass is 28.3. The van der Waals surface area contributed by atoms with Crippen LogP contribution in [0.25, 0.3) is 22.3 Å². The van der Waals surface area contributed by atoms with Crippen LogP contribution in [-0.4, -0.2) is 16.1 Å². The van der Waals surface area contributed by atoms with Crippen molar-refractivity contribution in [2.75, 3.05) is 0 Å². The van der Waals surface area contributed by atoms with Crippen LogP contribution in [-0.2, 0) is 0 Å². The smallest absolute Gasteiger partial charge is 0.0656 e. The number of hydrogen-bond donors (Lipinski definition) is 0. The molecule has 0 spiro atoms. The second-order valence-electron chi connectivity index (χ2n) is 10.9. The molecule has 0 amide bonds. The summed E-state index contributed by atoms with van der Waals surface area (Å²) in [5.41, 5.74) is 7.27. The van der Waals surface area contributed by atoms with Crippen molar-refractivity contribution in [1.82, 2.24) is 0 Å². The molecule has 4 aromatic carbocycles. The van der Waals surface area contributed by atoms with Crippen molar-refractivity contribution in [3.63, 3.8) is 0 Å². The summed E-state index contributed by atoms with van der Waals surface area (Å²) in [6, 6.07) is 34.9. The second-order valence-corrected chi connectivity index (χ2v) is 21.0. The molecule has 0 heterocycles. The van der Waals surface area contributed by atoms with Crippen LogP contribution in [0.4, 0.5) is 0 Å². The molecular formula is C32H34Si2. The molecule has 0 bridgehead atoms. The lowest BCUT2D eigenvalue weighted by atomic mass is 9.97. The van der Waals surface area contributed by atoms with E-state index >= 15 is 0 Å². The molecule has 0 fully saturated rings. The van der Waals surface area contributed by atoms with E-state index in [0.717, 1.165) is 11.1 Å². The predicted molar refractivity (Wildman–Crippen MR) is 156 cm³/mol. The van der Waals surface area contributed by atoms with Gasteiger partial charge in [-0.25, -0.2) is 0 Å². The van der Waals surface area contributed by atoms with Gasteiger partial charge in [0.1, 0.15) is 0 Å². The molecule has 0 aromatic heterocycles. The fourth-order valence-electron chi connectivity index (χ4n) is 4.53. The standard InChI is InChI=1S/C32H34Si2/c1-33(2,3)31-21-13-11-19-29(31)27-17-9-7-15-25(27)23-24-26-16-8-10-18-28(26)30-20-12-14-22-32(30)34(4,5)6/h7-22H,1-6H3. The van der Waals surface area contributed by atoms with Gasteiger partial charge >= 0.3 is 0 Å². The van der Waals surface area contributed by atoms with E-state index in [0.29, 0.717) is 0 Å². The lowest BCUT2D eigenvalue weighted by Crippen LogP contribution is -2.38. The first-order valence-corrected chi connectivity index (χ1v) is 19.1. The van der Waals surface area contributed by atoms with Crippen molar-refractivity contribution in [2.24, 2.45) is 0 Å². The summed E-state index contributed by atoms with van der Waals surface area (Å²) in [6.45, 7) is 14.5. The minimum absolute atomic E-state index is 1.08. The maximum Gasteiger partial charge on any atom is 0.0784 e. The quantitative estimate of drug-likeness (QED) is 0.212. The molecule has 0 aliphatic carbocycles. The van der Waals surface area contributed by atoms with Gasteiger partial charge in [0.2, 0.25) is 0 Å². The molecule has 0 N–H and O–H groups in total. The third kappa shape index (κ3) is 5.17. The maximum atomic E-state index is 3.55. The Morgan fingerprint density at radius 1 is 0.382 bits per heavy atom. The highest BCUT2D eigenvalue weighted by molar-refractivity contribution is 6.90. The summed E-state index contributed by atoms with van der Waals surface area (Å²) >= 11 is 0. The fraction of sp³-hybridized carbons (Fsp3) is 0.188. The molecule has 0 radical (unpaired) electrons. The van der Waals surface area contributed by atoms with E-state index in [4.69, 9.17) is 0 Å². The first-order valence-electron chi connectivity index (χ1n) is 12.1. The summed E-state index contributed by atoms with van der Waals surface area (Å²) in [6.07, 6.45) is 0. The molecule has 4 rings (SSSR count). The van der Waals surface area contributed by atoms with Gasteiger partial charge in [-0.15, -0.1) is 0 Å². The summed E-state index contributed by atoms with van der Waals surface area (Å²) in [7, 11) is -2.98. The average Bonchev–Trinajstić information content (AvgIpc) is 2.82. The molecule has 0 unspecified atom stereocenters. The summed E-state index contributed by atoms with van der Waals surface area (Å²) in [5, 5.41) is 2.96. The minimum atomic E-state index is -1.49. The summed E-state index contributed by atoms with van der Waals surface area (Å²) in [5.74, 6) is 7.10. The molecule has 0 saturated heterocycles. The van der Waals surface area contributed by atoms with Gasteiger partial charge in [-0.2, -0.15) is 0 Å². The molecule has 34 heavy (non-hydrogen) atoms. The van der Waals surface area contributed by atoms with Crippen molar-refractivity contribution >= 4 is 26.5 Å². The van der Waals surface area contributed by atoms with Crippen LogP contribution in [0.3, 0.4) is 0 Å². The van der Waals surface area contributed by atoms with Gasteiger partial charge in [0.15, 0.2) is 0 Å². The van der Waals surface area contributed by atoms with Crippen LogP contribution in [0.5, 0.6) is 0 Å². The van der Waals surface area contributed by atoms with E-state index in [1.807, 2.05) is 0 Å². The SMILES string of the molecule is C[Si](C)(C)c1ccccc1-c1ccccc1C#Cc1ccccc1-c1ccccc1[Si](C)(C)C. The molecule has 0 aliphatic rings. The minimum Gasteiger partial charge on any atom is -0.0656 e. The number of rotatable bonds is 4. The normalized spacial score (nSPS) is 11.6. The predicted octanol–water partition coefficient (Wildman–Crippen LogP) is 7.51. The van der Waals surface area contributed by atoms with Crippen molar-refractivity contribution in [1.29, 1.82) is 0 Å². The van der Waals surface area contributed by atoms with Crippen LogP contribution < -0.4 is 10.4 Å². The Morgan fingerprint density at radius 2 is 0.676 bits per heavy atom. The molecule has 4 aromatic rings. The first kappa shape index (κ1) is 24.0. The van der Waals surface area contributed by atoms with Gasteiger partial charge in [-0.05, 0) is 34.4 Å². The van der Waals surface area contributed by atoms with E-state index < -0.39 is 16.1 Å². The summed E-state index contributed by atoms with van der Waals surface area (Å²) < 4.78 is 0. The van der Waals surface area contributed by atoms with Crippen LogP contribution >= 0.6 is 0 Å². The van der Waals surface area contributed by atoms with E-state index in [2.05, 4.69) is 148 Å². The molecule has 0 saturated carbocycles. The van der Waals surface area contributed by atoms with E-state index in [1.54, 1.807) is 0 Å². The van der Waals surface area contributed by atoms with Gasteiger partial charge in [0, 0.05) is 11.1 Å². The lowest BCUT2D eigenvalue weighted by Gasteiger charge is -2.22. The van der Waals surface area contributed by atoms with E-state index in [1.165, 1.54) is 32.6 Å². The average molecular weight is 475 g/mol. The van der Waals surface area contributed by atoms with Crippen molar-refractivity contribution in [3.05, 3.63) is 108 Å². The monoisotopic (exact) mass is 474 g/mol. The van der Waals surface area contributed by atoms with E-state index in [9.17, 15) is 0 Å². The topological polar surface area (TPSA) is 0 Å². The van der Waals surface area contributed by atoms with Crippen molar-refractivity contribution in [3.8, 4) is 34.1 Å². The third-order valence-corrected chi connectivity index (χ3v) is 10.3. The van der Waals surface area contributed by atoms with Gasteiger partial charge in [-0.1, -0.05) is 146 Å². The van der Waals surface area contributed by atoms with Crippen molar-refractivity contribution in [2.45, 2.75) is 39.3 Å². The van der Waals surface area contributed by atoms with Gasteiger partial charge in [-0.3, -0.25) is 0 Å². The first-order chi connectivity index (χ1) is 16.2. The highest BCUT2D eigenvalue weighted by Crippen LogP contribution is 2.26. The maximum absolute atomic E-state index is 3.55. The van der Waals surface area contributed by atoms with Crippen LogP contribution in [0.15, 0.2) is 97.1 Å². The van der Waals surface area contributed by atoms with Crippen LogP contribution in [0.1, 0.15) is 11.1 Å². The molecule has 0 atom stereocenters. The fourth-order valence-corrected chi connectivity index (χ4v) is 7.78. The number of benzene rings is 4. The third-order valence-electron chi connectivity index (χ3n) is 6.24. The van der Waals surface area contributed by atoms with Crippen LogP contribution in [0.2, 0.25) is 39.3 Å². The van der Waals surface area contributed by atoms with Crippen LogP contribution in [0, 0.1) is 11.8 Å². The largest absolute Gasteiger partial charge is 0.0784 e. The summed E-state index contributed by atoms with van der Waals surface area (Å²) in [4.78, 5) is 0. The van der Waals surface area contributed by atoms with Gasteiger partial charge in [0.25, 0.3) is 0 Å². The Kier molecular flexibility index (Phi) is 6.80. The molecule has 0 aliphatic heterocycles. The Bertz CT molecular complexity index is 1270. The Labute approximate surface area is 207 Å². The lowest BCUT2D eigenvalue weighted by molar-refractivity contribution is 1.57. The molecule has 2 heteroatoms. The highest BCUT2D eigenvalue weighted by Gasteiger charge is 2.22. The zero-order chi connectivity index (χ0) is 24.3. The second kappa shape index (κ2) is 9.62. The zero-order valence-corrected chi connectivity index (χ0v) is 23.2. The van der Waals surface area contributed by atoms with Gasteiger partial charge in [0.05, 0.1) is 16.1 Å². The Morgan fingerprint density at radius 3 is 1.03 bits per heavy atom. The zero-order valence-electron chi connectivity index (χ0n) is 21.2.